The van der Waals surface area contributed by atoms with Crippen molar-refractivity contribution in [2.24, 2.45) is 0 Å². The van der Waals surface area contributed by atoms with Crippen LogP contribution in [-0.4, -0.2) is 30.8 Å². The van der Waals surface area contributed by atoms with Crippen LogP contribution in [0.4, 0.5) is 4.39 Å². The molecule has 1 aromatic rings. The number of rotatable bonds is 6. The van der Waals surface area contributed by atoms with Gasteiger partial charge >= 0.3 is 5.97 Å². The van der Waals surface area contributed by atoms with E-state index in [4.69, 9.17) is 9.84 Å². The third-order valence-electron chi connectivity index (χ3n) is 2.45. The minimum atomic E-state index is -1.02. The first-order valence-corrected chi connectivity index (χ1v) is 5.28. The minimum Gasteiger partial charge on any atom is -0.480 e. The van der Waals surface area contributed by atoms with Crippen LogP contribution in [-0.2, 0) is 9.53 Å². The molecule has 2 N–H and O–H groups in total. The SMILES string of the molecule is COCC(NC(C)c1ccccc1F)C(=O)O. The number of hydrogen-bond acceptors (Lipinski definition) is 3. The summed E-state index contributed by atoms with van der Waals surface area (Å²) < 4.78 is 18.3. The molecular weight excluding hydrogens is 225 g/mol. The van der Waals surface area contributed by atoms with Gasteiger partial charge in [-0.05, 0) is 13.0 Å². The number of carboxylic acids is 1. The molecule has 2 unspecified atom stereocenters. The molecule has 1 rings (SSSR count). The lowest BCUT2D eigenvalue weighted by Gasteiger charge is -2.20. The van der Waals surface area contributed by atoms with E-state index in [0.717, 1.165) is 0 Å². The number of carboxylic acid groups (broad SMARTS) is 1. The second kappa shape index (κ2) is 6.32. The molecule has 0 aromatic heterocycles. The third kappa shape index (κ3) is 3.80. The lowest BCUT2D eigenvalue weighted by atomic mass is 10.1. The summed E-state index contributed by atoms with van der Waals surface area (Å²) in [7, 11) is 1.42. The summed E-state index contributed by atoms with van der Waals surface area (Å²) in [6, 6.07) is 5.03. The smallest absolute Gasteiger partial charge is 0.323 e. The first kappa shape index (κ1) is 13.6. The number of ether oxygens (including phenoxy) is 1. The maximum Gasteiger partial charge on any atom is 0.323 e. The van der Waals surface area contributed by atoms with Crippen LogP contribution in [0, 0.1) is 5.82 Å². The summed E-state index contributed by atoms with van der Waals surface area (Å²) in [5.74, 6) is -1.37. The standard InChI is InChI=1S/C12H16FNO3/c1-8(9-5-3-4-6-10(9)13)14-11(7-17-2)12(15)16/h3-6,8,11,14H,7H2,1-2H3,(H,15,16). The highest BCUT2D eigenvalue weighted by Crippen LogP contribution is 2.16. The van der Waals surface area contributed by atoms with Crippen LogP contribution in [0.3, 0.4) is 0 Å². The molecule has 2 atom stereocenters. The van der Waals surface area contributed by atoms with Gasteiger partial charge in [-0.3, -0.25) is 10.1 Å². The molecule has 0 saturated carbocycles. The fourth-order valence-corrected chi connectivity index (χ4v) is 1.58. The molecule has 0 aliphatic carbocycles. The molecule has 4 nitrogen and oxygen atoms in total. The van der Waals surface area contributed by atoms with E-state index >= 15 is 0 Å². The number of halogens is 1. The molecule has 1 aromatic carbocycles. The van der Waals surface area contributed by atoms with Crippen LogP contribution in [0.15, 0.2) is 24.3 Å². The molecule has 0 amide bonds. The quantitative estimate of drug-likeness (QED) is 0.793. The molecule has 94 valence electrons. The highest BCUT2D eigenvalue weighted by molar-refractivity contribution is 5.73. The summed E-state index contributed by atoms with van der Waals surface area (Å²) >= 11 is 0. The highest BCUT2D eigenvalue weighted by atomic mass is 19.1. The summed E-state index contributed by atoms with van der Waals surface area (Å²) in [5, 5.41) is 11.7. The van der Waals surface area contributed by atoms with Gasteiger partial charge < -0.3 is 9.84 Å². The molecule has 0 saturated heterocycles. The zero-order valence-electron chi connectivity index (χ0n) is 9.81. The van der Waals surface area contributed by atoms with Gasteiger partial charge in [0.25, 0.3) is 0 Å². The van der Waals surface area contributed by atoms with Gasteiger partial charge in [-0.1, -0.05) is 18.2 Å². The Labute approximate surface area is 99.4 Å². The Morgan fingerprint density at radius 2 is 2.18 bits per heavy atom. The molecule has 0 aliphatic heterocycles. The third-order valence-corrected chi connectivity index (χ3v) is 2.45. The lowest BCUT2D eigenvalue weighted by molar-refractivity contribution is -0.141. The number of benzene rings is 1. The van der Waals surface area contributed by atoms with Gasteiger partial charge in [-0.25, -0.2) is 4.39 Å². The van der Waals surface area contributed by atoms with Crippen LogP contribution >= 0.6 is 0 Å². The van der Waals surface area contributed by atoms with E-state index in [2.05, 4.69) is 5.32 Å². The van der Waals surface area contributed by atoms with E-state index in [0.29, 0.717) is 5.56 Å². The maximum absolute atomic E-state index is 13.5. The summed E-state index contributed by atoms with van der Waals surface area (Å²) in [5.41, 5.74) is 0.440. The minimum absolute atomic E-state index is 0.0358. The summed E-state index contributed by atoms with van der Waals surface area (Å²) in [6.07, 6.45) is 0. The van der Waals surface area contributed by atoms with Crippen molar-refractivity contribution in [3.63, 3.8) is 0 Å². The fourth-order valence-electron chi connectivity index (χ4n) is 1.58. The lowest BCUT2D eigenvalue weighted by Crippen LogP contribution is -2.41. The van der Waals surface area contributed by atoms with Gasteiger partial charge in [-0.15, -0.1) is 0 Å². The molecule has 0 heterocycles. The van der Waals surface area contributed by atoms with Crippen molar-refractivity contribution < 1.29 is 19.0 Å². The second-order valence-electron chi connectivity index (χ2n) is 3.76. The van der Waals surface area contributed by atoms with Gasteiger partial charge in [-0.2, -0.15) is 0 Å². The molecule has 0 radical (unpaired) electrons. The van der Waals surface area contributed by atoms with Crippen molar-refractivity contribution in [2.45, 2.75) is 19.0 Å². The van der Waals surface area contributed by atoms with Gasteiger partial charge in [0.15, 0.2) is 0 Å². The van der Waals surface area contributed by atoms with Gasteiger partial charge in [0.05, 0.1) is 6.61 Å². The predicted octanol–water partition coefficient (Wildman–Crippen LogP) is 1.58. The zero-order valence-corrected chi connectivity index (χ0v) is 9.81. The summed E-state index contributed by atoms with van der Waals surface area (Å²) in [4.78, 5) is 10.9. The van der Waals surface area contributed by atoms with Gasteiger partial charge in [0.2, 0.25) is 0 Å². The van der Waals surface area contributed by atoms with Crippen LogP contribution in [0.1, 0.15) is 18.5 Å². The topological polar surface area (TPSA) is 58.6 Å². The Kier molecular flexibility index (Phi) is 5.06. The van der Waals surface area contributed by atoms with E-state index in [1.165, 1.54) is 13.2 Å². The summed E-state index contributed by atoms with van der Waals surface area (Å²) in [6.45, 7) is 1.75. The van der Waals surface area contributed by atoms with Crippen molar-refractivity contribution in [2.75, 3.05) is 13.7 Å². The Bertz CT molecular complexity index is 384. The number of methoxy groups -OCH3 is 1. The van der Waals surface area contributed by atoms with Crippen LogP contribution in [0.25, 0.3) is 0 Å². The Balaban J connectivity index is 2.73. The van der Waals surface area contributed by atoms with Crippen LogP contribution in [0.5, 0.6) is 0 Å². The van der Waals surface area contributed by atoms with E-state index in [1.807, 2.05) is 0 Å². The average molecular weight is 241 g/mol. The Morgan fingerprint density at radius 3 is 2.71 bits per heavy atom. The molecule has 0 bridgehead atoms. The van der Waals surface area contributed by atoms with Crippen molar-refractivity contribution in [1.29, 1.82) is 0 Å². The van der Waals surface area contributed by atoms with E-state index in [-0.39, 0.29) is 12.4 Å². The largest absolute Gasteiger partial charge is 0.480 e. The molecular formula is C12H16FNO3. The fraction of sp³-hybridized carbons (Fsp3) is 0.417. The second-order valence-corrected chi connectivity index (χ2v) is 3.76. The molecule has 0 fully saturated rings. The Hall–Kier alpha value is -1.46. The first-order chi connectivity index (χ1) is 8.06. The molecule has 17 heavy (non-hydrogen) atoms. The van der Waals surface area contributed by atoms with Crippen LogP contribution < -0.4 is 5.32 Å². The number of carbonyl (C=O) groups is 1. The number of nitrogens with one attached hydrogen (secondary N) is 1. The predicted molar refractivity (Wildman–Crippen MR) is 61.3 cm³/mol. The molecule has 5 heteroatoms. The molecule has 0 aliphatic rings. The van der Waals surface area contributed by atoms with Gasteiger partial charge in [0.1, 0.15) is 11.9 Å². The van der Waals surface area contributed by atoms with E-state index in [1.54, 1.807) is 25.1 Å². The maximum atomic E-state index is 13.5. The van der Waals surface area contributed by atoms with Crippen molar-refractivity contribution in [3.05, 3.63) is 35.6 Å². The monoisotopic (exact) mass is 241 g/mol. The zero-order chi connectivity index (χ0) is 12.8. The number of aliphatic carboxylic acids is 1. The first-order valence-electron chi connectivity index (χ1n) is 5.28. The van der Waals surface area contributed by atoms with Gasteiger partial charge in [0, 0.05) is 18.7 Å². The average Bonchev–Trinajstić information content (AvgIpc) is 2.28. The van der Waals surface area contributed by atoms with Crippen molar-refractivity contribution in [1.82, 2.24) is 5.32 Å². The number of hydrogen-bond donors (Lipinski definition) is 2. The highest BCUT2D eigenvalue weighted by Gasteiger charge is 2.21. The van der Waals surface area contributed by atoms with E-state index in [9.17, 15) is 9.18 Å². The van der Waals surface area contributed by atoms with Crippen molar-refractivity contribution >= 4 is 5.97 Å². The van der Waals surface area contributed by atoms with Crippen molar-refractivity contribution in [3.8, 4) is 0 Å². The van der Waals surface area contributed by atoms with Crippen LogP contribution in [0.2, 0.25) is 0 Å². The normalized spacial score (nSPS) is 14.3. The Morgan fingerprint density at radius 1 is 1.53 bits per heavy atom. The van der Waals surface area contributed by atoms with E-state index < -0.39 is 18.1 Å². The molecule has 0 spiro atoms.